The van der Waals surface area contributed by atoms with Crippen molar-refractivity contribution in [3.63, 3.8) is 0 Å². The molecule has 3 N–H and O–H groups in total. The molecule has 0 spiro atoms. The van der Waals surface area contributed by atoms with E-state index in [1.807, 2.05) is 0 Å². The molecule has 0 radical (unpaired) electrons. The molecule has 0 aliphatic carbocycles. The number of nitrogens with zero attached hydrogens (tertiary/aromatic N) is 3. The number of carbonyl (C=O) groups is 1. The van der Waals surface area contributed by atoms with Gasteiger partial charge in [0, 0.05) is 11.1 Å². The maximum Gasteiger partial charge on any atom is 0.266 e. The maximum atomic E-state index is 14.5. The summed E-state index contributed by atoms with van der Waals surface area (Å²) < 4.78 is 45.6. The Hall–Kier alpha value is -2.43. The number of aromatic nitrogens is 2. The van der Waals surface area contributed by atoms with Crippen LogP contribution in [0.1, 0.15) is 41.8 Å². The van der Waals surface area contributed by atoms with Crippen LogP contribution >= 0.6 is 11.6 Å². The smallest absolute Gasteiger partial charge is 0.266 e. The minimum atomic E-state index is -2.92. The number of benzene rings is 1. The highest BCUT2D eigenvalue weighted by atomic mass is 35.5. The minimum Gasteiger partial charge on any atom is -0.376 e. The monoisotopic (exact) mass is 441 g/mol. The second-order valence-corrected chi connectivity index (χ2v) is 7.83. The molecule has 1 atom stereocenters. The van der Waals surface area contributed by atoms with Gasteiger partial charge in [-0.2, -0.15) is 0 Å². The first-order valence-corrected chi connectivity index (χ1v) is 9.61. The van der Waals surface area contributed by atoms with Crippen LogP contribution in [0.4, 0.5) is 19.0 Å². The molecule has 4 rings (SSSR count). The molecular formula is C19H19ClF3N5O2. The van der Waals surface area contributed by atoms with E-state index >= 15 is 0 Å². The van der Waals surface area contributed by atoms with Crippen molar-refractivity contribution in [2.45, 2.75) is 38.0 Å². The third-order valence-corrected chi connectivity index (χ3v) is 5.47. The molecule has 2 aromatic rings. The van der Waals surface area contributed by atoms with Gasteiger partial charge in [-0.25, -0.2) is 23.1 Å². The Bertz CT molecular complexity index is 1000. The molecule has 0 unspecified atom stereocenters. The van der Waals surface area contributed by atoms with E-state index < -0.39 is 29.4 Å². The quantitative estimate of drug-likeness (QED) is 0.693. The molecule has 1 aromatic carbocycles. The fraction of sp³-hybridized carbons (Fsp3) is 0.421. The number of fused-ring (bicyclic) bond motifs is 1. The predicted octanol–water partition coefficient (Wildman–Crippen LogP) is 2.95. The summed E-state index contributed by atoms with van der Waals surface area (Å²) in [6, 6.07) is 3.15. The molecule has 0 saturated carbocycles. The number of nitrogens with one attached hydrogen (secondary N) is 1. The third kappa shape index (κ3) is 3.59. The summed E-state index contributed by atoms with van der Waals surface area (Å²) in [5.41, 5.74) is 5.55. The van der Waals surface area contributed by atoms with E-state index in [2.05, 4.69) is 15.3 Å². The predicted molar refractivity (Wildman–Crippen MR) is 102 cm³/mol. The lowest BCUT2D eigenvalue weighted by Crippen LogP contribution is -2.66. The zero-order valence-electron chi connectivity index (χ0n) is 16.0. The molecule has 160 valence electrons. The third-order valence-electron chi connectivity index (χ3n) is 5.30. The van der Waals surface area contributed by atoms with Crippen molar-refractivity contribution in [1.29, 1.82) is 0 Å². The van der Waals surface area contributed by atoms with Crippen LogP contribution in [0.2, 0.25) is 5.28 Å². The highest BCUT2D eigenvalue weighted by Gasteiger charge is 2.46. The summed E-state index contributed by atoms with van der Waals surface area (Å²) in [5.74, 6) is -0.931. The van der Waals surface area contributed by atoms with Crippen molar-refractivity contribution >= 4 is 23.3 Å². The molecule has 1 aromatic heterocycles. The van der Waals surface area contributed by atoms with Gasteiger partial charge >= 0.3 is 0 Å². The Kier molecular flexibility index (Phi) is 5.33. The van der Waals surface area contributed by atoms with Crippen LogP contribution in [0.15, 0.2) is 18.2 Å². The van der Waals surface area contributed by atoms with Gasteiger partial charge in [0.05, 0.1) is 43.6 Å². The van der Waals surface area contributed by atoms with E-state index in [0.717, 1.165) is 6.07 Å². The Labute approximate surface area is 175 Å². The first-order valence-electron chi connectivity index (χ1n) is 9.24. The van der Waals surface area contributed by atoms with Gasteiger partial charge in [0.25, 0.3) is 6.43 Å². The molecule has 30 heavy (non-hydrogen) atoms. The summed E-state index contributed by atoms with van der Waals surface area (Å²) in [5, 5.41) is 2.97. The van der Waals surface area contributed by atoms with E-state index in [9.17, 15) is 18.0 Å². The Balaban J connectivity index is 1.59. The van der Waals surface area contributed by atoms with Gasteiger partial charge in [0.15, 0.2) is 0 Å². The highest BCUT2D eigenvalue weighted by Crippen LogP contribution is 2.34. The van der Waals surface area contributed by atoms with Gasteiger partial charge in [-0.1, -0.05) is 18.2 Å². The number of ether oxygens (including phenoxy) is 1. The van der Waals surface area contributed by atoms with Crippen molar-refractivity contribution in [2.75, 3.05) is 18.5 Å². The Morgan fingerprint density at radius 3 is 2.63 bits per heavy atom. The Morgan fingerprint density at radius 2 is 2.00 bits per heavy atom. The molecule has 7 nitrogen and oxygen atoms in total. The van der Waals surface area contributed by atoms with Gasteiger partial charge in [0.2, 0.25) is 11.2 Å². The lowest BCUT2D eigenvalue weighted by atomic mass is 9.97. The molecule has 2 aliphatic rings. The van der Waals surface area contributed by atoms with Crippen LogP contribution in [0, 0.1) is 5.82 Å². The maximum absolute atomic E-state index is 14.5. The largest absolute Gasteiger partial charge is 0.376 e. The highest BCUT2D eigenvalue weighted by molar-refractivity contribution is 6.28. The van der Waals surface area contributed by atoms with Crippen molar-refractivity contribution in [1.82, 2.24) is 14.9 Å². The van der Waals surface area contributed by atoms with E-state index in [-0.39, 0.29) is 43.1 Å². The lowest BCUT2D eigenvalue weighted by molar-refractivity contribution is -0.155. The van der Waals surface area contributed by atoms with E-state index in [1.54, 1.807) is 6.92 Å². The van der Waals surface area contributed by atoms with Crippen molar-refractivity contribution in [2.24, 2.45) is 5.73 Å². The van der Waals surface area contributed by atoms with Crippen molar-refractivity contribution < 1.29 is 22.7 Å². The average Bonchev–Trinajstić information content (AvgIpc) is 3.09. The standard InChI is InChI=1S/C19H19ClF3N5O2/c1-9(10-3-2-4-11(14(10)21)15(22)23)25-16-12-5-28(6-13(12)26-18(20)27-16)17(29)19(24)7-30-8-19/h2-4,9,15H,5-8,24H2,1H3,(H,25,26,27)/t9-/m1/s1. The summed E-state index contributed by atoms with van der Waals surface area (Å²) in [7, 11) is 0. The molecule has 11 heteroatoms. The fourth-order valence-electron chi connectivity index (χ4n) is 3.60. The Morgan fingerprint density at radius 1 is 1.30 bits per heavy atom. The van der Waals surface area contributed by atoms with Crippen LogP contribution in [0.3, 0.4) is 0 Å². The lowest BCUT2D eigenvalue weighted by Gasteiger charge is -2.38. The number of hydrogen-bond donors (Lipinski definition) is 2. The summed E-state index contributed by atoms with van der Waals surface area (Å²) in [4.78, 5) is 22.6. The van der Waals surface area contributed by atoms with Gasteiger partial charge in [-0.3, -0.25) is 4.79 Å². The molecule has 3 heterocycles. The van der Waals surface area contributed by atoms with Crippen LogP contribution in [-0.4, -0.2) is 39.5 Å². The topological polar surface area (TPSA) is 93.4 Å². The first kappa shape index (κ1) is 20.8. The number of halogens is 4. The van der Waals surface area contributed by atoms with Crippen LogP contribution in [0.5, 0.6) is 0 Å². The zero-order valence-corrected chi connectivity index (χ0v) is 16.7. The molecule has 1 amide bonds. The van der Waals surface area contributed by atoms with Gasteiger partial charge < -0.3 is 20.7 Å². The summed E-state index contributed by atoms with van der Waals surface area (Å²) in [6.45, 7) is 2.31. The number of hydrogen-bond acceptors (Lipinski definition) is 6. The number of amides is 1. The average molecular weight is 442 g/mol. The van der Waals surface area contributed by atoms with Crippen LogP contribution < -0.4 is 11.1 Å². The van der Waals surface area contributed by atoms with Gasteiger partial charge in [-0.15, -0.1) is 0 Å². The number of rotatable bonds is 5. The summed E-state index contributed by atoms with van der Waals surface area (Å²) in [6.07, 6.45) is -2.92. The zero-order chi connectivity index (χ0) is 21.6. The van der Waals surface area contributed by atoms with Crippen molar-refractivity contribution in [3.05, 3.63) is 51.7 Å². The molecule has 2 aliphatic heterocycles. The SMILES string of the molecule is C[C@@H](Nc1nc(Cl)nc2c1CN(C(=O)C1(N)COC1)C2)c1cccc(C(F)F)c1F. The van der Waals surface area contributed by atoms with E-state index in [0.29, 0.717) is 17.1 Å². The number of nitrogens with two attached hydrogens (primary N) is 1. The minimum absolute atomic E-state index is 0.0472. The van der Waals surface area contributed by atoms with Crippen LogP contribution in [0.25, 0.3) is 0 Å². The van der Waals surface area contributed by atoms with Gasteiger partial charge in [0.1, 0.15) is 17.2 Å². The normalized spacial score (nSPS) is 18.2. The second-order valence-electron chi connectivity index (χ2n) is 7.49. The van der Waals surface area contributed by atoms with E-state index in [1.165, 1.54) is 17.0 Å². The number of carbonyl (C=O) groups excluding carboxylic acids is 1. The molecular weight excluding hydrogens is 423 g/mol. The molecule has 1 fully saturated rings. The van der Waals surface area contributed by atoms with Crippen molar-refractivity contribution in [3.8, 4) is 0 Å². The van der Waals surface area contributed by atoms with Gasteiger partial charge in [-0.05, 0) is 18.5 Å². The first-order chi connectivity index (χ1) is 14.2. The second kappa shape index (κ2) is 7.68. The molecule has 1 saturated heterocycles. The number of alkyl halides is 2. The molecule has 0 bridgehead atoms. The van der Waals surface area contributed by atoms with Crippen LogP contribution in [-0.2, 0) is 22.6 Å². The van der Waals surface area contributed by atoms with E-state index in [4.69, 9.17) is 22.1 Å². The fourth-order valence-corrected chi connectivity index (χ4v) is 3.79. The number of anilines is 1. The summed E-state index contributed by atoms with van der Waals surface area (Å²) >= 11 is 6.03.